The van der Waals surface area contributed by atoms with E-state index >= 15 is 0 Å². The van der Waals surface area contributed by atoms with Gasteiger partial charge in [0.25, 0.3) is 0 Å². The molecule has 0 unspecified atom stereocenters. The summed E-state index contributed by atoms with van der Waals surface area (Å²) in [5, 5.41) is 7.18. The van der Waals surface area contributed by atoms with E-state index in [1.165, 1.54) is 0 Å². The molecule has 1 heterocycles. The van der Waals surface area contributed by atoms with Crippen molar-refractivity contribution in [2.24, 2.45) is 11.1 Å². The number of nitrogens with zero attached hydrogens (tertiary/aromatic N) is 2. The number of carbonyl (C=O) groups excluding carboxylic acids is 1. The van der Waals surface area contributed by atoms with Crippen LogP contribution in [0.2, 0.25) is 0 Å². The molecule has 0 bridgehead atoms. The molecule has 3 N–H and O–H groups in total. The van der Waals surface area contributed by atoms with Crippen molar-refractivity contribution in [1.29, 1.82) is 0 Å². The molecule has 1 aromatic heterocycles. The molecule has 1 aliphatic carbocycles. The number of aryl methyl sites for hydroxylation is 1. The monoisotopic (exact) mass is 286 g/mol. The molecule has 0 saturated heterocycles. The van der Waals surface area contributed by atoms with E-state index in [-0.39, 0.29) is 23.7 Å². The molecule has 1 fully saturated rings. The Balaban J connectivity index is 0.00000180. The van der Waals surface area contributed by atoms with Gasteiger partial charge in [0.05, 0.1) is 18.2 Å². The predicted octanol–water partition coefficient (Wildman–Crippen LogP) is 1.25. The summed E-state index contributed by atoms with van der Waals surface area (Å²) in [5.41, 5.74) is 6.61. The summed E-state index contributed by atoms with van der Waals surface area (Å²) in [6, 6.07) is 0. The maximum absolute atomic E-state index is 12.2. The third-order valence-electron chi connectivity index (χ3n) is 3.82. The van der Waals surface area contributed by atoms with E-state index in [0.29, 0.717) is 19.6 Å². The van der Waals surface area contributed by atoms with Crippen molar-refractivity contribution in [2.45, 2.75) is 39.2 Å². The molecule has 0 radical (unpaired) electrons. The summed E-state index contributed by atoms with van der Waals surface area (Å²) in [6.45, 7) is 3.78. The van der Waals surface area contributed by atoms with Crippen LogP contribution in [-0.4, -0.2) is 28.8 Å². The second-order valence-electron chi connectivity index (χ2n) is 5.23. The van der Waals surface area contributed by atoms with Gasteiger partial charge in [0.15, 0.2) is 0 Å². The lowest BCUT2D eigenvalue weighted by Gasteiger charge is -2.25. The van der Waals surface area contributed by atoms with Crippen LogP contribution in [0.3, 0.4) is 0 Å². The standard InChI is InChI=1S/C13H22N4O.ClH/c1-11-8-16-17(9-11)7-6-15-12(18)13(10-14)4-2-3-5-13;/h8-9H,2-7,10,14H2,1H3,(H,15,18);1H. The van der Waals surface area contributed by atoms with Crippen molar-refractivity contribution in [3.8, 4) is 0 Å². The number of hydrogen-bond donors (Lipinski definition) is 2. The van der Waals surface area contributed by atoms with Crippen LogP contribution in [0.1, 0.15) is 31.2 Å². The number of nitrogens with one attached hydrogen (secondary N) is 1. The van der Waals surface area contributed by atoms with Crippen LogP contribution in [0.25, 0.3) is 0 Å². The van der Waals surface area contributed by atoms with Crippen molar-refractivity contribution in [1.82, 2.24) is 15.1 Å². The third-order valence-corrected chi connectivity index (χ3v) is 3.82. The van der Waals surface area contributed by atoms with Gasteiger partial charge in [-0.15, -0.1) is 12.4 Å². The van der Waals surface area contributed by atoms with Gasteiger partial charge in [-0.05, 0) is 25.3 Å². The number of rotatable bonds is 5. The summed E-state index contributed by atoms with van der Waals surface area (Å²) >= 11 is 0. The average Bonchev–Trinajstić information content (AvgIpc) is 2.99. The number of carbonyl (C=O) groups is 1. The fourth-order valence-corrected chi connectivity index (χ4v) is 2.64. The molecule has 0 aliphatic heterocycles. The van der Waals surface area contributed by atoms with Crippen LogP contribution in [0.5, 0.6) is 0 Å². The van der Waals surface area contributed by atoms with Crippen LogP contribution < -0.4 is 11.1 Å². The molecule has 0 atom stereocenters. The van der Waals surface area contributed by atoms with Gasteiger partial charge >= 0.3 is 0 Å². The molecule has 108 valence electrons. The number of hydrogen-bond acceptors (Lipinski definition) is 3. The fourth-order valence-electron chi connectivity index (χ4n) is 2.64. The van der Waals surface area contributed by atoms with E-state index in [4.69, 9.17) is 5.73 Å². The first-order chi connectivity index (χ1) is 8.66. The van der Waals surface area contributed by atoms with E-state index in [1.54, 1.807) is 0 Å². The lowest BCUT2D eigenvalue weighted by Crippen LogP contribution is -2.45. The normalized spacial score (nSPS) is 16.9. The minimum atomic E-state index is -0.306. The highest BCUT2D eigenvalue weighted by Crippen LogP contribution is 2.37. The molecule has 2 rings (SSSR count). The zero-order valence-electron chi connectivity index (χ0n) is 11.4. The predicted molar refractivity (Wildman–Crippen MR) is 77.2 cm³/mol. The lowest BCUT2D eigenvalue weighted by atomic mass is 9.85. The summed E-state index contributed by atoms with van der Waals surface area (Å²) in [7, 11) is 0. The van der Waals surface area contributed by atoms with Crippen LogP contribution in [0.4, 0.5) is 0 Å². The van der Waals surface area contributed by atoms with Gasteiger partial charge in [0.1, 0.15) is 0 Å². The lowest BCUT2D eigenvalue weighted by molar-refractivity contribution is -0.130. The molecule has 19 heavy (non-hydrogen) atoms. The third kappa shape index (κ3) is 3.70. The Bertz CT molecular complexity index is 413. The SMILES string of the molecule is Cc1cnn(CCNC(=O)C2(CN)CCCC2)c1.Cl. The quantitative estimate of drug-likeness (QED) is 0.856. The number of amides is 1. The van der Waals surface area contributed by atoms with E-state index < -0.39 is 0 Å². The van der Waals surface area contributed by atoms with Crippen LogP contribution in [0, 0.1) is 12.3 Å². The van der Waals surface area contributed by atoms with Crippen molar-refractivity contribution in [3.05, 3.63) is 18.0 Å². The Labute approximate surface area is 120 Å². The number of aromatic nitrogens is 2. The highest BCUT2D eigenvalue weighted by Gasteiger charge is 2.39. The molecule has 1 aliphatic rings. The Kier molecular flexibility index (Phi) is 5.82. The molecular weight excluding hydrogens is 264 g/mol. The molecule has 1 aromatic rings. The molecule has 1 saturated carbocycles. The maximum atomic E-state index is 12.2. The first-order valence-electron chi connectivity index (χ1n) is 6.64. The molecule has 6 heteroatoms. The second-order valence-corrected chi connectivity index (χ2v) is 5.23. The van der Waals surface area contributed by atoms with Gasteiger partial charge < -0.3 is 11.1 Å². The molecule has 0 spiro atoms. The number of halogens is 1. The summed E-state index contributed by atoms with van der Waals surface area (Å²) < 4.78 is 1.85. The Morgan fingerprint density at radius 2 is 2.21 bits per heavy atom. The Hall–Kier alpha value is -1.07. The van der Waals surface area contributed by atoms with E-state index in [2.05, 4.69) is 10.4 Å². The zero-order chi connectivity index (χ0) is 13.0. The maximum Gasteiger partial charge on any atom is 0.227 e. The van der Waals surface area contributed by atoms with Crippen molar-refractivity contribution in [2.75, 3.05) is 13.1 Å². The molecule has 1 amide bonds. The van der Waals surface area contributed by atoms with Crippen molar-refractivity contribution >= 4 is 18.3 Å². The van der Waals surface area contributed by atoms with Gasteiger partial charge in [0, 0.05) is 19.3 Å². The van der Waals surface area contributed by atoms with Crippen molar-refractivity contribution in [3.63, 3.8) is 0 Å². The summed E-state index contributed by atoms with van der Waals surface area (Å²) in [4.78, 5) is 12.2. The van der Waals surface area contributed by atoms with Crippen LogP contribution in [-0.2, 0) is 11.3 Å². The van der Waals surface area contributed by atoms with Gasteiger partial charge in [-0.1, -0.05) is 12.8 Å². The van der Waals surface area contributed by atoms with Gasteiger partial charge in [-0.2, -0.15) is 5.10 Å². The van der Waals surface area contributed by atoms with Gasteiger partial charge in [0.2, 0.25) is 5.91 Å². The van der Waals surface area contributed by atoms with E-state index in [1.807, 2.05) is 24.0 Å². The highest BCUT2D eigenvalue weighted by molar-refractivity contribution is 5.85. The first kappa shape index (κ1) is 16.0. The molecule has 5 nitrogen and oxygen atoms in total. The first-order valence-corrected chi connectivity index (χ1v) is 6.64. The highest BCUT2D eigenvalue weighted by atomic mass is 35.5. The second kappa shape index (κ2) is 6.91. The van der Waals surface area contributed by atoms with Crippen LogP contribution >= 0.6 is 12.4 Å². The summed E-state index contributed by atoms with van der Waals surface area (Å²) in [5.74, 6) is 0.117. The largest absolute Gasteiger partial charge is 0.354 e. The van der Waals surface area contributed by atoms with Crippen LogP contribution in [0.15, 0.2) is 12.4 Å². The smallest absolute Gasteiger partial charge is 0.227 e. The van der Waals surface area contributed by atoms with E-state index in [0.717, 1.165) is 31.2 Å². The average molecular weight is 287 g/mol. The van der Waals surface area contributed by atoms with Gasteiger partial charge in [-0.25, -0.2) is 0 Å². The molecular formula is C13H23ClN4O. The fraction of sp³-hybridized carbons (Fsp3) is 0.692. The van der Waals surface area contributed by atoms with Gasteiger partial charge in [-0.3, -0.25) is 9.48 Å². The van der Waals surface area contributed by atoms with Crippen molar-refractivity contribution < 1.29 is 4.79 Å². The minimum absolute atomic E-state index is 0. The molecule has 0 aromatic carbocycles. The summed E-state index contributed by atoms with van der Waals surface area (Å²) in [6.07, 6.45) is 7.87. The zero-order valence-corrected chi connectivity index (χ0v) is 12.2. The van der Waals surface area contributed by atoms with E-state index in [9.17, 15) is 4.79 Å². The Morgan fingerprint density at radius 1 is 1.53 bits per heavy atom. The topological polar surface area (TPSA) is 72.9 Å². The minimum Gasteiger partial charge on any atom is -0.354 e. The Morgan fingerprint density at radius 3 is 2.74 bits per heavy atom. The number of nitrogens with two attached hydrogens (primary N) is 1.